The molecule has 12 nitrogen and oxygen atoms in total. The van der Waals surface area contributed by atoms with E-state index >= 15 is 0 Å². The van der Waals surface area contributed by atoms with E-state index in [0.29, 0.717) is 45.6 Å². The number of aliphatic hydroxyl groups is 2. The van der Waals surface area contributed by atoms with E-state index in [1.165, 1.54) is 5.56 Å². The molecule has 0 radical (unpaired) electrons. The molecule has 0 saturated carbocycles. The molecule has 256 valence electrons. The van der Waals surface area contributed by atoms with Crippen molar-refractivity contribution in [2.45, 2.75) is 80.3 Å². The molecule has 3 heterocycles. The second kappa shape index (κ2) is 15.2. The first-order valence-corrected chi connectivity index (χ1v) is 18.3. The Morgan fingerprint density at radius 2 is 1.51 bits per heavy atom. The van der Waals surface area contributed by atoms with E-state index in [1.807, 2.05) is 18.2 Å². The summed E-state index contributed by atoms with van der Waals surface area (Å²) >= 11 is 0. The fourth-order valence-electron chi connectivity index (χ4n) is 6.88. The van der Waals surface area contributed by atoms with Gasteiger partial charge in [-0.15, -0.1) is 0 Å². The molecule has 0 aromatic heterocycles. The smallest absolute Gasteiger partial charge is 0.244 e. The molecule has 2 aromatic carbocycles. The molecule has 0 bridgehead atoms. The number of rotatable bonds is 5. The summed E-state index contributed by atoms with van der Waals surface area (Å²) in [7, 11) is -3.32. The molecule has 3 aliphatic heterocycles. The number of aliphatic hydroxyl groups excluding tert-OH is 2. The molecule has 2 aromatic rings. The fraction of sp³-hybridized carbons (Fsp3) is 0.559. The Morgan fingerprint density at radius 3 is 2.19 bits per heavy atom. The van der Waals surface area contributed by atoms with Crippen LogP contribution in [-0.2, 0) is 37.3 Å². The van der Waals surface area contributed by atoms with Crippen molar-refractivity contribution in [3.63, 3.8) is 0 Å². The van der Waals surface area contributed by atoms with Crippen molar-refractivity contribution in [3.8, 4) is 0 Å². The number of fused-ring (bicyclic) bond motifs is 1. The highest BCUT2D eigenvalue weighted by Gasteiger charge is 2.42. The third-order valence-corrected chi connectivity index (χ3v) is 10.7. The zero-order valence-corrected chi connectivity index (χ0v) is 27.8. The Bertz CT molecular complexity index is 1500. The predicted octanol–water partition coefficient (Wildman–Crippen LogP) is 0.666. The molecule has 5 rings (SSSR count). The highest BCUT2D eigenvalue weighted by atomic mass is 32.2. The van der Waals surface area contributed by atoms with Crippen LogP contribution in [0.3, 0.4) is 0 Å². The van der Waals surface area contributed by atoms with Crippen LogP contribution in [0, 0.1) is 0 Å². The summed E-state index contributed by atoms with van der Waals surface area (Å²) in [6.07, 6.45) is 0.331. The van der Waals surface area contributed by atoms with E-state index in [9.17, 15) is 33.0 Å². The average molecular weight is 670 g/mol. The summed E-state index contributed by atoms with van der Waals surface area (Å²) in [5.74, 6) is -0.898. The summed E-state index contributed by atoms with van der Waals surface area (Å²) in [4.78, 5) is 47.1. The molecule has 0 unspecified atom stereocenters. The van der Waals surface area contributed by atoms with Gasteiger partial charge in [-0.3, -0.25) is 24.2 Å². The zero-order valence-electron chi connectivity index (χ0n) is 27.0. The maximum atomic E-state index is 14.1. The zero-order chi connectivity index (χ0) is 33.6. The summed E-state index contributed by atoms with van der Waals surface area (Å²) < 4.78 is 23.8. The second-order valence-electron chi connectivity index (χ2n) is 13.3. The van der Waals surface area contributed by atoms with Crippen molar-refractivity contribution < 1.29 is 33.0 Å². The average Bonchev–Trinajstić information content (AvgIpc) is 3.02. The maximum absolute atomic E-state index is 14.1. The largest absolute Gasteiger partial charge is 0.393 e. The van der Waals surface area contributed by atoms with E-state index in [0.717, 1.165) is 18.4 Å². The van der Waals surface area contributed by atoms with Crippen LogP contribution in [0.25, 0.3) is 0 Å². The third-order valence-electron chi connectivity index (χ3n) is 9.54. The third kappa shape index (κ3) is 9.60. The first-order valence-electron chi connectivity index (χ1n) is 16.4. The number of hydrogen-bond donors (Lipinski definition) is 4. The van der Waals surface area contributed by atoms with Crippen LogP contribution < -0.4 is 10.6 Å². The van der Waals surface area contributed by atoms with Crippen LogP contribution in [0.5, 0.6) is 0 Å². The first kappa shape index (κ1) is 35.0. The van der Waals surface area contributed by atoms with Gasteiger partial charge in [0.25, 0.3) is 0 Å². The highest BCUT2D eigenvalue weighted by molar-refractivity contribution is 7.90. The predicted molar refractivity (Wildman–Crippen MR) is 176 cm³/mol. The highest BCUT2D eigenvalue weighted by Crippen LogP contribution is 2.29. The van der Waals surface area contributed by atoms with Crippen molar-refractivity contribution in [2.24, 2.45) is 0 Å². The van der Waals surface area contributed by atoms with Gasteiger partial charge in [0, 0.05) is 58.6 Å². The maximum Gasteiger partial charge on any atom is 0.244 e. The number of sulfone groups is 1. The van der Waals surface area contributed by atoms with E-state index in [-0.39, 0.29) is 61.4 Å². The summed E-state index contributed by atoms with van der Waals surface area (Å²) in [5, 5.41) is 27.1. The van der Waals surface area contributed by atoms with Gasteiger partial charge in [-0.05, 0) is 48.9 Å². The van der Waals surface area contributed by atoms with Gasteiger partial charge < -0.3 is 25.7 Å². The Hall–Kier alpha value is -3.36. The molecular weight excluding hydrogens is 622 g/mol. The minimum absolute atomic E-state index is 0.00152. The van der Waals surface area contributed by atoms with Crippen LogP contribution in [0.15, 0.2) is 59.5 Å². The lowest BCUT2D eigenvalue weighted by Gasteiger charge is -2.45. The number of likely N-dealkylation sites (tertiary alicyclic amines) is 1. The van der Waals surface area contributed by atoms with Crippen LogP contribution in [-0.4, -0.2) is 120 Å². The van der Waals surface area contributed by atoms with Gasteiger partial charge in [-0.1, -0.05) is 42.5 Å². The lowest BCUT2D eigenvalue weighted by molar-refractivity contribution is -0.146. The minimum atomic E-state index is -3.32. The monoisotopic (exact) mass is 669 g/mol. The number of benzene rings is 2. The molecule has 1 spiro atoms. The summed E-state index contributed by atoms with van der Waals surface area (Å²) in [5.41, 5.74) is 1.24. The second-order valence-corrected chi connectivity index (χ2v) is 15.4. The molecule has 13 heteroatoms. The van der Waals surface area contributed by atoms with E-state index in [4.69, 9.17) is 0 Å². The Labute approximate surface area is 277 Å². The molecule has 3 atom stereocenters. The van der Waals surface area contributed by atoms with E-state index in [1.54, 1.807) is 29.2 Å². The molecule has 3 aliphatic rings. The number of amides is 3. The Kier molecular flexibility index (Phi) is 11.3. The number of nitrogens with one attached hydrogen (secondary N) is 2. The SMILES string of the molecule is CS(=O)(=O)c1ccc(CN2CCN3C(=O)CC4(CCN(Cc5ccccc5)CC4)NC(=O)C[C@H](O)C[C@H](O)CCNC(=O)[C@@H]3C2)cc1. The molecule has 3 amide bonds. The quantitative estimate of drug-likeness (QED) is 0.359. The Balaban J connectivity index is 1.33. The van der Waals surface area contributed by atoms with Gasteiger partial charge in [0.05, 0.1) is 35.5 Å². The molecule has 47 heavy (non-hydrogen) atoms. The van der Waals surface area contributed by atoms with Crippen LogP contribution >= 0.6 is 0 Å². The van der Waals surface area contributed by atoms with Crippen molar-refractivity contribution >= 4 is 27.6 Å². The number of nitrogens with zero attached hydrogens (tertiary/aromatic N) is 3. The van der Waals surface area contributed by atoms with Crippen molar-refractivity contribution in [1.82, 2.24) is 25.3 Å². The van der Waals surface area contributed by atoms with Gasteiger partial charge >= 0.3 is 0 Å². The normalized spacial score (nSPS) is 25.7. The molecule has 3 saturated heterocycles. The van der Waals surface area contributed by atoms with Crippen molar-refractivity contribution in [1.29, 1.82) is 0 Å². The first-order chi connectivity index (χ1) is 22.4. The van der Waals surface area contributed by atoms with E-state index < -0.39 is 33.6 Å². The molecule has 3 fully saturated rings. The minimum Gasteiger partial charge on any atom is -0.393 e. The number of carbonyl (C=O) groups excluding carboxylic acids is 3. The number of hydrogen-bond acceptors (Lipinski definition) is 9. The molecule has 4 N–H and O–H groups in total. The molecule has 0 aliphatic carbocycles. The van der Waals surface area contributed by atoms with E-state index in [2.05, 4.69) is 32.6 Å². The lowest BCUT2D eigenvalue weighted by Crippen LogP contribution is -2.63. The lowest BCUT2D eigenvalue weighted by atomic mass is 9.83. The van der Waals surface area contributed by atoms with Crippen molar-refractivity contribution in [2.75, 3.05) is 45.5 Å². The number of piperazine rings is 1. The fourth-order valence-corrected chi connectivity index (χ4v) is 7.51. The van der Waals surface area contributed by atoms with Gasteiger partial charge in [0.2, 0.25) is 17.7 Å². The Morgan fingerprint density at radius 1 is 0.851 bits per heavy atom. The number of piperidine rings is 1. The standard InChI is InChI=1S/C34H47N5O7S/c1-47(45,46)29-9-7-26(8-10-29)23-38-17-18-39-30(24-38)33(44)35-14-11-27(40)19-28(41)20-31(42)36-34(21-32(39)43)12-15-37(16-13-34)22-25-5-3-2-4-6-25/h2-10,27-28,30,40-41H,11-24H2,1H3,(H,35,44)(H,36,42)/t27-,28-,30+/m1/s1. The van der Waals surface area contributed by atoms with Crippen molar-refractivity contribution in [3.05, 3.63) is 65.7 Å². The topological polar surface area (TPSA) is 160 Å². The van der Waals surface area contributed by atoms with Gasteiger partial charge in [-0.25, -0.2) is 8.42 Å². The van der Waals surface area contributed by atoms with Gasteiger partial charge in [0.1, 0.15) is 6.04 Å². The van der Waals surface area contributed by atoms with Crippen LogP contribution in [0.1, 0.15) is 49.7 Å². The van der Waals surface area contributed by atoms with Crippen LogP contribution in [0.4, 0.5) is 0 Å². The molecular formula is C34H47N5O7S. The summed E-state index contributed by atoms with van der Waals surface area (Å²) in [6, 6.07) is 16.0. The van der Waals surface area contributed by atoms with Gasteiger partial charge in [-0.2, -0.15) is 0 Å². The van der Waals surface area contributed by atoms with Gasteiger partial charge in [0.15, 0.2) is 9.84 Å². The number of carbonyl (C=O) groups is 3. The van der Waals surface area contributed by atoms with Crippen LogP contribution in [0.2, 0.25) is 0 Å². The summed E-state index contributed by atoms with van der Waals surface area (Å²) in [6.45, 7) is 3.82.